The van der Waals surface area contributed by atoms with Crippen LogP contribution in [-0.4, -0.2) is 12.2 Å². The number of halogens is 2. The van der Waals surface area contributed by atoms with Crippen molar-refractivity contribution in [3.8, 4) is 5.75 Å². The van der Waals surface area contributed by atoms with Crippen molar-refractivity contribution in [1.82, 2.24) is 5.32 Å². The molecule has 0 heterocycles. The number of aromatic hydroxyl groups is 1. The SMILES string of the molecule is CN[C@H](C)c1cc(Br)c(Cl)cc1O. The van der Waals surface area contributed by atoms with Gasteiger partial charge in [-0.2, -0.15) is 0 Å². The summed E-state index contributed by atoms with van der Waals surface area (Å²) in [5, 5.41) is 13.1. The molecule has 1 aromatic rings. The minimum atomic E-state index is 0.105. The maximum absolute atomic E-state index is 9.57. The first-order valence-corrected chi connectivity index (χ1v) is 5.08. The largest absolute Gasteiger partial charge is 0.508 e. The zero-order valence-corrected chi connectivity index (χ0v) is 9.78. The van der Waals surface area contributed by atoms with E-state index in [1.165, 1.54) is 6.07 Å². The third-order valence-corrected chi connectivity index (χ3v) is 3.17. The van der Waals surface area contributed by atoms with Gasteiger partial charge in [-0.3, -0.25) is 0 Å². The van der Waals surface area contributed by atoms with Gasteiger partial charge in [0.1, 0.15) is 5.75 Å². The lowest BCUT2D eigenvalue weighted by Gasteiger charge is -2.13. The van der Waals surface area contributed by atoms with E-state index in [4.69, 9.17) is 11.6 Å². The van der Waals surface area contributed by atoms with Crippen molar-refractivity contribution in [1.29, 1.82) is 0 Å². The molecule has 0 saturated heterocycles. The fourth-order valence-corrected chi connectivity index (χ4v) is 1.57. The molecule has 2 nitrogen and oxygen atoms in total. The third kappa shape index (κ3) is 2.36. The second kappa shape index (κ2) is 4.31. The molecule has 2 N–H and O–H groups in total. The van der Waals surface area contributed by atoms with Crippen LogP contribution in [0.1, 0.15) is 18.5 Å². The van der Waals surface area contributed by atoms with Crippen LogP contribution < -0.4 is 5.32 Å². The summed E-state index contributed by atoms with van der Waals surface area (Å²) < 4.78 is 0.795. The molecule has 0 aromatic heterocycles. The van der Waals surface area contributed by atoms with Crippen LogP contribution in [0.15, 0.2) is 16.6 Å². The molecule has 0 amide bonds. The fraction of sp³-hybridized carbons (Fsp3) is 0.333. The summed E-state index contributed by atoms with van der Waals surface area (Å²) in [6.45, 7) is 1.97. The van der Waals surface area contributed by atoms with Gasteiger partial charge in [-0.1, -0.05) is 11.6 Å². The van der Waals surface area contributed by atoms with Crippen molar-refractivity contribution in [3.63, 3.8) is 0 Å². The van der Waals surface area contributed by atoms with Crippen molar-refractivity contribution in [2.45, 2.75) is 13.0 Å². The lowest BCUT2D eigenvalue weighted by atomic mass is 10.1. The molecule has 1 aromatic carbocycles. The highest BCUT2D eigenvalue weighted by molar-refractivity contribution is 9.10. The highest BCUT2D eigenvalue weighted by atomic mass is 79.9. The van der Waals surface area contributed by atoms with E-state index in [9.17, 15) is 5.11 Å². The van der Waals surface area contributed by atoms with Crippen LogP contribution in [0.3, 0.4) is 0 Å². The topological polar surface area (TPSA) is 32.3 Å². The van der Waals surface area contributed by atoms with Gasteiger partial charge in [0.15, 0.2) is 0 Å². The van der Waals surface area contributed by atoms with E-state index in [1.807, 2.05) is 20.0 Å². The summed E-state index contributed by atoms with van der Waals surface area (Å²) in [4.78, 5) is 0. The number of nitrogens with one attached hydrogen (secondary N) is 1. The molecular weight excluding hydrogens is 253 g/mol. The van der Waals surface area contributed by atoms with E-state index in [-0.39, 0.29) is 11.8 Å². The van der Waals surface area contributed by atoms with Gasteiger partial charge in [-0.05, 0) is 42.0 Å². The standard InChI is InChI=1S/C9H11BrClNO/c1-5(12-2)6-3-7(10)8(11)4-9(6)13/h3-5,12-13H,1-2H3/t5-/m1/s1. The number of benzene rings is 1. The quantitative estimate of drug-likeness (QED) is 0.860. The van der Waals surface area contributed by atoms with Gasteiger partial charge in [0.05, 0.1) is 5.02 Å². The molecule has 4 heteroatoms. The van der Waals surface area contributed by atoms with Gasteiger partial charge in [-0.15, -0.1) is 0 Å². The maximum Gasteiger partial charge on any atom is 0.121 e. The van der Waals surface area contributed by atoms with Crippen LogP contribution in [0.5, 0.6) is 5.75 Å². The first-order chi connectivity index (χ1) is 6.06. The molecule has 0 unspecified atom stereocenters. The number of phenolic OH excluding ortho intramolecular Hbond substituents is 1. The molecule has 0 radical (unpaired) electrons. The van der Waals surface area contributed by atoms with Crippen molar-refractivity contribution >= 4 is 27.5 Å². The number of hydrogen-bond acceptors (Lipinski definition) is 2. The van der Waals surface area contributed by atoms with Crippen molar-refractivity contribution in [2.24, 2.45) is 0 Å². The Morgan fingerprint density at radius 1 is 1.54 bits per heavy atom. The molecule has 0 aliphatic carbocycles. The Morgan fingerprint density at radius 2 is 2.15 bits per heavy atom. The van der Waals surface area contributed by atoms with E-state index in [1.54, 1.807) is 0 Å². The molecule has 0 fully saturated rings. The van der Waals surface area contributed by atoms with Gasteiger partial charge in [0.2, 0.25) is 0 Å². The Bertz CT molecular complexity index is 317. The summed E-state index contributed by atoms with van der Waals surface area (Å²) >= 11 is 9.11. The molecule has 1 rings (SSSR count). The predicted molar refractivity (Wildman–Crippen MR) is 58.3 cm³/mol. The van der Waals surface area contributed by atoms with Gasteiger partial charge >= 0.3 is 0 Å². The first-order valence-electron chi connectivity index (χ1n) is 3.91. The minimum absolute atomic E-state index is 0.105. The van der Waals surface area contributed by atoms with E-state index in [0.29, 0.717) is 5.02 Å². The molecule has 1 atom stereocenters. The summed E-state index contributed by atoms with van der Waals surface area (Å²) in [6, 6.07) is 3.46. The minimum Gasteiger partial charge on any atom is -0.508 e. The lowest BCUT2D eigenvalue weighted by Crippen LogP contribution is -2.12. The molecule has 72 valence electrons. The smallest absolute Gasteiger partial charge is 0.121 e. The lowest BCUT2D eigenvalue weighted by molar-refractivity contribution is 0.458. The van der Waals surface area contributed by atoms with E-state index < -0.39 is 0 Å². The average molecular weight is 265 g/mol. The number of rotatable bonds is 2. The maximum atomic E-state index is 9.57. The van der Waals surface area contributed by atoms with Gasteiger partial charge in [-0.25, -0.2) is 0 Å². The molecule has 0 aliphatic heterocycles. The predicted octanol–water partition coefficient (Wildman–Crippen LogP) is 3.09. The molecule has 0 bridgehead atoms. The van der Waals surface area contributed by atoms with E-state index in [2.05, 4.69) is 21.2 Å². The number of phenols is 1. The summed E-state index contributed by atoms with van der Waals surface area (Å²) in [5.74, 6) is 0.218. The Morgan fingerprint density at radius 3 is 2.69 bits per heavy atom. The summed E-state index contributed by atoms with van der Waals surface area (Å²) in [7, 11) is 1.84. The Labute approximate surface area is 91.0 Å². The van der Waals surface area contributed by atoms with Crippen LogP contribution in [0.2, 0.25) is 5.02 Å². The molecule has 0 spiro atoms. The Balaban J connectivity index is 3.15. The summed E-state index contributed by atoms with van der Waals surface area (Å²) in [5.41, 5.74) is 0.832. The zero-order chi connectivity index (χ0) is 10.0. The second-order valence-electron chi connectivity index (χ2n) is 2.84. The van der Waals surface area contributed by atoms with E-state index >= 15 is 0 Å². The monoisotopic (exact) mass is 263 g/mol. The van der Waals surface area contributed by atoms with Crippen LogP contribution in [0, 0.1) is 0 Å². The first kappa shape index (κ1) is 10.8. The van der Waals surface area contributed by atoms with Crippen molar-refractivity contribution in [2.75, 3.05) is 7.05 Å². The molecule has 0 saturated carbocycles. The van der Waals surface area contributed by atoms with Crippen LogP contribution in [0.25, 0.3) is 0 Å². The fourth-order valence-electron chi connectivity index (χ4n) is 1.05. The van der Waals surface area contributed by atoms with Crippen molar-refractivity contribution in [3.05, 3.63) is 27.2 Å². The van der Waals surface area contributed by atoms with Crippen LogP contribution in [-0.2, 0) is 0 Å². The normalized spacial score (nSPS) is 12.9. The molecular formula is C9H11BrClNO. The number of hydrogen-bond donors (Lipinski definition) is 2. The van der Waals surface area contributed by atoms with Crippen molar-refractivity contribution < 1.29 is 5.11 Å². The zero-order valence-electron chi connectivity index (χ0n) is 7.44. The highest BCUT2D eigenvalue weighted by Crippen LogP contribution is 2.33. The Hall–Kier alpha value is -0.250. The third-order valence-electron chi connectivity index (χ3n) is 1.97. The highest BCUT2D eigenvalue weighted by Gasteiger charge is 2.10. The second-order valence-corrected chi connectivity index (χ2v) is 4.10. The van der Waals surface area contributed by atoms with E-state index in [0.717, 1.165) is 10.0 Å². The Kier molecular flexibility index (Phi) is 3.59. The van der Waals surface area contributed by atoms with Gasteiger partial charge < -0.3 is 10.4 Å². The van der Waals surface area contributed by atoms with Gasteiger partial charge in [0.25, 0.3) is 0 Å². The van der Waals surface area contributed by atoms with Gasteiger partial charge in [0, 0.05) is 16.1 Å². The van der Waals surface area contributed by atoms with Crippen LogP contribution in [0.4, 0.5) is 0 Å². The molecule has 13 heavy (non-hydrogen) atoms. The molecule has 0 aliphatic rings. The average Bonchev–Trinajstić information content (AvgIpc) is 2.10. The van der Waals surface area contributed by atoms with Crippen LogP contribution >= 0.6 is 27.5 Å². The summed E-state index contributed by atoms with van der Waals surface area (Å²) in [6.07, 6.45) is 0.